The first-order chi connectivity index (χ1) is 18.6. The summed E-state index contributed by atoms with van der Waals surface area (Å²) in [5, 5.41) is 13.6. The SMILES string of the molecule is CCOC(=O)N(c1ccccc1Cl)c1c(-c2ccc(CS(=O)(=O)c3ccccc3CC(=O)O)cc2)noc1C. The highest BCUT2D eigenvalue weighted by Gasteiger charge is 2.30. The summed E-state index contributed by atoms with van der Waals surface area (Å²) in [6.07, 6.45) is -1.06. The zero-order valence-corrected chi connectivity index (χ0v) is 22.7. The van der Waals surface area contributed by atoms with E-state index in [0.717, 1.165) is 0 Å². The number of anilines is 2. The molecule has 3 aromatic carbocycles. The van der Waals surface area contributed by atoms with E-state index in [0.29, 0.717) is 39.0 Å². The molecule has 4 rings (SSSR count). The largest absolute Gasteiger partial charge is 0.481 e. The summed E-state index contributed by atoms with van der Waals surface area (Å²) >= 11 is 6.41. The molecule has 202 valence electrons. The second kappa shape index (κ2) is 11.7. The molecule has 1 aromatic heterocycles. The zero-order valence-electron chi connectivity index (χ0n) is 21.1. The lowest BCUT2D eigenvalue weighted by Gasteiger charge is -2.23. The molecule has 1 amide bonds. The van der Waals surface area contributed by atoms with Gasteiger partial charge < -0.3 is 14.4 Å². The first kappa shape index (κ1) is 27.9. The Kier molecular flexibility index (Phi) is 8.37. The number of rotatable bonds is 9. The van der Waals surface area contributed by atoms with Crippen molar-refractivity contribution >= 4 is 44.9 Å². The molecule has 4 aromatic rings. The Hall–Kier alpha value is -4.15. The van der Waals surface area contributed by atoms with Crippen molar-refractivity contribution in [1.82, 2.24) is 5.16 Å². The van der Waals surface area contributed by atoms with Gasteiger partial charge in [-0.2, -0.15) is 0 Å². The smallest absolute Gasteiger partial charge is 0.419 e. The number of ether oxygens (including phenoxy) is 1. The molecule has 0 saturated carbocycles. The number of nitrogens with zero attached hydrogens (tertiary/aromatic N) is 2. The number of carboxylic acids is 1. The van der Waals surface area contributed by atoms with E-state index in [-0.39, 0.29) is 22.8 Å². The second-order valence-corrected chi connectivity index (χ2v) is 10.9. The maximum absolute atomic E-state index is 13.1. The third kappa shape index (κ3) is 6.13. The number of hydrogen-bond acceptors (Lipinski definition) is 7. The highest BCUT2D eigenvalue weighted by Crippen LogP contribution is 2.40. The Morgan fingerprint density at radius 3 is 2.36 bits per heavy atom. The van der Waals surface area contributed by atoms with Gasteiger partial charge in [0, 0.05) is 5.56 Å². The van der Waals surface area contributed by atoms with E-state index in [1.807, 2.05) is 0 Å². The minimum absolute atomic E-state index is 0.0179. The quantitative estimate of drug-likeness (QED) is 0.253. The number of carbonyl (C=O) groups is 2. The average molecular weight is 569 g/mol. The lowest BCUT2D eigenvalue weighted by atomic mass is 10.1. The third-order valence-corrected chi connectivity index (χ3v) is 7.93. The molecule has 9 nitrogen and oxygen atoms in total. The summed E-state index contributed by atoms with van der Waals surface area (Å²) < 4.78 is 37.0. The zero-order chi connectivity index (χ0) is 28.2. The summed E-state index contributed by atoms with van der Waals surface area (Å²) in [4.78, 5) is 25.5. The number of aromatic nitrogens is 1. The van der Waals surface area contributed by atoms with Crippen LogP contribution in [-0.4, -0.2) is 37.4 Å². The van der Waals surface area contributed by atoms with Crippen LogP contribution >= 0.6 is 11.6 Å². The minimum Gasteiger partial charge on any atom is -0.481 e. The molecule has 0 atom stereocenters. The van der Waals surface area contributed by atoms with Crippen LogP contribution in [0.4, 0.5) is 16.2 Å². The second-order valence-electron chi connectivity index (χ2n) is 8.56. The van der Waals surface area contributed by atoms with Gasteiger partial charge >= 0.3 is 12.1 Å². The van der Waals surface area contributed by atoms with Gasteiger partial charge in [-0.15, -0.1) is 0 Å². The van der Waals surface area contributed by atoms with Crippen LogP contribution in [0.5, 0.6) is 0 Å². The maximum Gasteiger partial charge on any atom is 0.419 e. The van der Waals surface area contributed by atoms with Crippen LogP contribution in [0.25, 0.3) is 11.3 Å². The summed E-state index contributed by atoms with van der Waals surface area (Å²) in [6.45, 7) is 3.49. The van der Waals surface area contributed by atoms with Crippen LogP contribution in [0.3, 0.4) is 0 Å². The summed E-state index contributed by atoms with van der Waals surface area (Å²) in [7, 11) is -3.82. The Morgan fingerprint density at radius 1 is 1.03 bits per heavy atom. The standard InChI is InChI=1S/C28H25ClN2O7S/c1-3-37-28(34)31(23-10-6-5-9-22(23)29)27-18(2)38-30-26(27)20-14-12-19(13-15-20)17-39(35,36)24-11-7-4-8-21(24)16-25(32)33/h4-15H,3,16-17H2,1-2H3,(H,32,33). The van der Waals surface area contributed by atoms with Crippen molar-refractivity contribution in [3.8, 4) is 11.3 Å². The third-order valence-electron chi connectivity index (χ3n) is 5.83. The number of para-hydroxylation sites is 1. The number of aliphatic carboxylic acids is 1. The number of hydrogen-bond donors (Lipinski definition) is 1. The van der Waals surface area contributed by atoms with E-state index in [1.54, 1.807) is 74.5 Å². The molecule has 1 N–H and O–H groups in total. The van der Waals surface area contributed by atoms with E-state index in [4.69, 9.17) is 26.0 Å². The van der Waals surface area contributed by atoms with Gasteiger partial charge in [0.05, 0.1) is 34.4 Å². The fourth-order valence-electron chi connectivity index (χ4n) is 4.12. The van der Waals surface area contributed by atoms with Gasteiger partial charge in [0.15, 0.2) is 15.6 Å². The highest BCUT2D eigenvalue weighted by molar-refractivity contribution is 7.90. The Balaban J connectivity index is 1.69. The van der Waals surface area contributed by atoms with Crippen LogP contribution in [0.2, 0.25) is 5.02 Å². The topological polar surface area (TPSA) is 127 Å². The molecule has 0 bridgehead atoms. The van der Waals surface area contributed by atoms with Crippen LogP contribution in [0, 0.1) is 6.92 Å². The predicted octanol–water partition coefficient (Wildman–Crippen LogP) is 6.20. The van der Waals surface area contributed by atoms with Crippen molar-refractivity contribution in [1.29, 1.82) is 0 Å². The number of carboxylic acid groups (broad SMARTS) is 1. The number of sulfone groups is 1. The van der Waals surface area contributed by atoms with E-state index >= 15 is 0 Å². The first-order valence-electron chi connectivity index (χ1n) is 11.9. The van der Waals surface area contributed by atoms with Crippen molar-refractivity contribution in [3.05, 3.63) is 94.7 Å². The van der Waals surface area contributed by atoms with E-state index in [1.165, 1.54) is 17.0 Å². The number of carbonyl (C=O) groups excluding carboxylic acids is 1. The molecule has 0 fully saturated rings. The van der Waals surface area contributed by atoms with Crippen molar-refractivity contribution in [3.63, 3.8) is 0 Å². The van der Waals surface area contributed by atoms with Gasteiger partial charge in [-0.3, -0.25) is 4.79 Å². The Morgan fingerprint density at radius 2 is 1.69 bits per heavy atom. The summed E-state index contributed by atoms with van der Waals surface area (Å²) in [5.41, 5.74) is 2.33. The molecule has 0 aliphatic rings. The molecule has 11 heteroatoms. The van der Waals surface area contributed by atoms with E-state index in [2.05, 4.69) is 5.16 Å². The van der Waals surface area contributed by atoms with Gasteiger partial charge in [-0.1, -0.05) is 71.4 Å². The van der Waals surface area contributed by atoms with Crippen LogP contribution < -0.4 is 4.90 Å². The van der Waals surface area contributed by atoms with Crippen LogP contribution in [0.1, 0.15) is 23.8 Å². The number of aryl methyl sites for hydroxylation is 1. The Labute approximate surface area is 230 Å². The fraction of sp³-hybridized carbons (Fsp3) is 0.179. The van der Waals surface area contributed by atoms with Crippen LogP contribution in [-0.2, 0) is 31.5 Å². The highest BCUT2D eigenvalue weighted by atomic mass is 35.5. The van der Waals surface area contributed by atoms with Gasteiger partial charge in [0.1, 0.15) is 11.4 Å². The normalized spacial score (nSPS) is 11.3. The van der Waals surface area contributed by atoms with Crippen molar-refractivity contribution in [2.45, 2.75) is 30.9 Å². The lowest BCUT2D eigenvalue weighted by Crippen LogP contribution is -2.27. The predicted molar refractivity (Wildman–Crippen MR) is 146 cm³/mol. The molecule has 0 radical (unpaired) electrons. The molecule has 0 spiro atoms. The molecule has 39 heavy (non-hydrogen) atoms. The monoisotopic (exact) mass is 568 g/mol. The van der Waals surface area contributed by atoms with E-state index in [9.17, 15) is 18.0 Å². The molecule has 0 saturated heterocycles. The lowest BCUT2D eigenvalue weighted by molar-refractivity contribution is -0.136. The van der Waals surface area contributed by atoms with Crippen molar-refractivity contribution in [2.24, 2.45) is 0 Å². The molecule has 0 aliphatic heterocycles. The summed E-state index contributed by atoms with van der Waals surface area (Å²) in [6, 6.07) is 19.5. The Bertz CT molecular complexity index is 1620. The van der Waals surface area contributed by atoms with Gasteiger partial charge in [0.2, 0.25) is 0 Å². The van der Waals surface area contributed by atoms with Crippen LogP contribution in [0.15, 0.2) is 82.2 Å². The van der Waals surface area contributed by atoms with Gasteiger partial charge in [0.25, 0.3) is 0 Å². The minimum atomic E-state index is -3.82. The molecular weight excluding hydrogens is 544 g/mol. The van der Waals surface area contributed by atoms with E-state index < -0.39 is 28.3 Å². The summed E-state index contributed by atoms with van der Waals surface area (Å²) in [5.74, 6) is -1.10. The molecule has 1 heterocycles. The number of halogens is 1. The molecule has 0 unspecified atom stereocenters. The average Bonchev–Trinajstić information content (AvgIpc) is 3.26. The maximum atomic E-state index is 13.1. The first-order valence-corrected chi connectivity index (χ1v) is 13.9. The van der Waals surface area contributed by atoms with Gasteiger partial charge in [-0.05, 0) is 43.2 Å². The number of benzene rings is 3. The number of amides is 1. The van der Waals surface area contributed by atoms with Crippen molar-refractivity contribution in [2.75, 3.05) is 11.5 Å². The van der Waals surface area contributed by atoms with Crippen molar-refractivity contribution < 1.29 is 32.4 Å². The molecular formula is C28H25ClN2O7S. The fourth-order valence-corrected chi connectivity index (χ4v) is 5.96. The molecule has 0 aliphatic carbocycles. The van der Waals surface area contributed by atoms with Gasteiger partial charge in [-0.25, -0.2) is 18.1 Å².